The van der Waals surface area contributed by atoms with E-state index in [4.69, 9.17) is 19.6 Å². The number of amides is 2. The predicted octanol–water partition coefficient (Wildman–Crippen LogP) is 0.903. The van der Waals surface area contributed by atoms with Gasteiger partial charge >= 0.3 is 17.6 Å². The topological polar surface area (TPSA) is 121 Å². The van der Waals surface area contributed by atoms with Gasteiger partial charge in [-0.3, -0.25) is 4.79 Å². The maximum absolute atomic E-state index is 11.6. The third kappa shape index (κ3) is 4.47. The fraction of sp³-hybridized carbons (Fsp3) is 0.267. The van der Waals surface area contributed by atoms with E-state index >= 15 is 0 Å². The Labute approximate surface area is 131 Å². The molecule has 0 aliphatic heterocycles. The Morgan fingerprint density at radius 2 is 2.09 bits per heavy atom. The Kier molecular flexibility index (Phi) is 5.19. The third-order valence-electron chi connectivity index (χ3n) is 3.05. The van der Waals surface area contributed by atoms with Crippen molar-refractivity contribution in [3.8, 4) is 5.75 Å². The summed E-state index contributed by atoms with van der Waals surface area (Å²) in [5.74, 6) is 0.0287. The van der Waals surface area contributed by atoms with Crippen molar-refractivity contribution in [3.05, 3.63) is 40.2 Å². The van der Waals surface area contributed by atoms with Gasteiger partial charge in [0.25, 0.3) is 0 Å². The largest absolute Gasteiger partial charge is 0.497 e. The highest BCUT2D eigenvalue weighted by Crippen LogP contribution is 2.22. The van der Waals surface area contributed by atoms with E-state index in [1.165, 1.54) is 13.2 Å². The molecule has 0 unspecified atom stereocenters. The molecule has 0 radical (unpaired) electrons. The second-order valence-corrected chi connectivity index (χ2v) is 4.65. The number of fused-ring (bicyclic) bond motifs is 1. The lowest BCUT2D eigenvalue weighted by Gasteiger charge is -2.08. The Morgan fingerprint density at radius 1 is 1.30 bits per heavy atom. The van der Waals surface area contributed by atoms with Gasteiger partial charge < -0.3 is 24.9 Å². The van der Waals surface area contributed by atoms with E-state index in [-0.39, 0.29) is 19.6 Å². The van der Waals surface area contributed by atoms with E-state index in [1.54, 1.807) is 18.2 Å². The summed E-state index contributed by atoms with van der Waals surface area (Å²) in [5.41, 5.74) is 5.21. The summed E-state index contributed by atoms with van der Waals surface area (Å²) in [4.78, 5) is 33.7. The zero-order chi connectivity index (χ0) is 16.8. The van der Waals surface area contributed by atoms with E-state index in [0.29, 0.717) is 22.3 Å². The molecule has 1 heterocycles. The minimum Gasteiger partial charge on any atom is -0.497 e. The predicted molar refractivity (Wildman–Crippen MR) is 81.0 cm³/mol. The average Bonchev–Trinajstić information content (AvgIpc) is 2.51. The number of benzene rings is 1. The summed E-state index contributed by atoms with van der Waals surface area (Å²) in [6, 6.07) is 5.57. The molecule has 1 aromatic carbocycles. The van der Waals surface area contributed by atoms with Crippen LogP contribution in [0.5, 0.6) is 5.75 Å². The molecule has 0 aliphatic rings. The number of ether oxygens (including phenoxy) is 2. The van der Waals surface area contributed by atoms with Crippen LogP contribution in [0.15, 0.2) is 33.5 Å². The Balaban J connectivity index is 2.09. The molecule has 0 atom stereocenters. The molecule has 0 saturated heterocycles. The van der Waals surface area contributed by atoms with Crippen LogP contribution in [0, 0.1) is 0 Å². The lowest BCUT2D eigenvalue weighted by atomic mass is 10.1. The number of hydrogen-bond acceptors (Lipinski definition) is 6. The van der Waals surface area contributed by atoms with E-state index < -0.39 is 17.6 Å². The molecule has 3 N–H and O–H groups in total. The maximum Gasteiger partial charge on any atom is 0.336 e. The number of carbonyl (C=O) groups excluding carboxylic acids is 2. The lowest BCUT2D eigenvalue weighted by Crippen LogP contribution is -2.31. The zero-order valence-electron chi connectivity index (χ0n) is 12.5. The van der Waals surface area contributed by atoms with Gasteiger partial charge in [0.2, 0.25) is 0 Å². The number of carbonyl (C=O) groups is 2. The van der Waals surface area contributed by atoms with Crippen molar-refractivity contribution in [2.45, 2.75) is 13.0 Å². The first-order valence-corrected chi connectivity index (χ1v) is 6.79. The monoisotopic (exact) mass is 320 g/mol. The van der Waals surface area contributed by atoms with E-state index in [1.807, 2.05) is 0 Å². The van der Waals surface area contributed by atoms with Crippen molar-refractivity contribution in [3.63, 3.8) is 0 Å². The minimum atomic E-state index is -0.710. The van der Waals surface area contributed by atoms with Crippen LogP contribution in [0.1, 0.15) is 12.0 Å². The van der Waals surface area contributed by atoms with Crippen LogP contribution in [0.3, 0.4) is 0 Å². The number of hydrogen-bond donors (Lipinski definition) is 2. The molecule has 2 amide bonds. The molecule has 8 heteroatoms. The molecule has 122 valence electrons. The van der Waals surface area contributed by atoms with Crippen LogP contribution in [-0.2, 0) is 16.1 Å². The lowest BCUT2D eigenvalue weighted by molar-refractivity contribution is -0.144. The highest BCUT2D eigenvalue weighted by Gasteiger charge is 2.10. The summed E-state index contributed by atoms with van der Waals surface area (Å²) in [6.07, 6.45) is -0.0177. The second-order valence-electron chi connectivity index (χ2n) is 4.65. The standard InChI is InChI=1S/C15H16N2O6/c1-21-10-2-3-11-9(6-14(19)23-12(11)7-10)8-22-13(18)4-5-17-15(16)20/h2-3,6-7H,4-5,8H2,1H3,(H3,16,17,20). The van der Waals surface area contributed by atoms with Gasteiger partial charge in [-0.1, -0.05) is 0 Å². The first kappa shape index (κ1) is 16.3. The first-order chi connectivity index (χ1) is 11.0. The van der Waals surface area contributed by atoms with Crippen molar-refractivity contribution in [2.75, 3.05) is 13.7 Å². The maximum atomic E-state index is 11.6. The highest BCUT2D eigenvalue weighted by molar-refractivity contribution is 5.81. The van der Waals surface area contributed by atoms with Crippen molar-refractivity contribution < 1.29 is 23.5 Å². The van der Waals surface area contributed by atoms with Crippen molar-refractivity contribution in [1.82, 2.24) is 5.32 Å². The van der Waals surface area contributed by atoms with E-state index in [0.717, 1.165) is 0 Å². The van der Waals surface area contributed by atoms with Crippen LogP contribution in [0.4, 0.5) is 4.79 Å². The molecule has 0 bridgehead atoms. The van der Waals surface area contributed by atoms with Crippen LogP contribution in [0.2, 0.25) is 0 Å². The smallest absolute Gasteiger partial charge is 0.336 e. The number of primary amides is 1. The van der Waals surface area contributed by atoms with Crippen LogP contribution in [-0.4, -0.2) is 25.7 Å². The highest BCUT2D eigenvalue weighted by atomic mass is 16.5. The average molecular weight is 320 g/mol. The van der Waals surface area contributed by atoms with Crippen molar-refractivity contribution in [1.29, 1.82) is 0 Å². The minimum absolute atomic E-state index is 0.0177. The van der Waals surface area contributed by atoms with Crippen LogP contribution >= 0.6 is 0 Å². The summed E-state index contributed by atoms with van der Waals surface area (Å²) < 4.78 is 15.3. The third-order valence-corrected chi connectivity index (χ3v) is 3.05. The summed E-state index contributed by atoms with van der Waals surface area (Å²) in [6.45, 7) is 0.00682. The van der Waals surface area contributed by atoms with Gasteiger partial charge in [0.15, 0.2) is 0 Å². The summed E-state index contributed by atoms with van der Waals surface area (Å²) >= 11 is 0. The van der Waals surface area contributed by atoms with Gasteiger partial charge in [-0.25, -0.2) is 9.59 Å². The fourth-order valence-corrected chi connectivity index (χ4v) is 1.97. The second kappa shape index (κ2) is 7.30. The number of rotatable bonds is 6. The Hall–Kier alpha value is -3.03. The normalized spacial score (nSPS) is 10.3. The summed E-state index contributed by atoms with van der Waals surface area (Å²) in [7, 11) is 1.50. The molecule has 0 fully saturated rings. The van der Waals surface area contributed by atoms with E-state index in [2.05, 4.69) is 5.32 Å². The molecular weight excluding hydrogens is 304 g/mol. The molecule has 8 nitrogen and oxygen atoms in total. The molecule has 2 rings (SSSR count). The van der Waals surface area contributed by atoms with Gasteiger partial charge in [-0.05, 0) is 12.1 Å². The van der Waals surface area contributed by atoms with Crippen LogP contribution < -0.4 is 21.4 Å². The van der Waals surface area contributed by atoms with Gasteiger partial charge in [0.05, 0.1) is 13.5 Å². The van der Waals surface area contributed by atoms with Gasteiger partial charge in [-0.15, -0.1) is 0 Å². The van der Waals surface area contributed by atoms with Crippen LogP contribution in [0.25, 0.3) is 11.0 Å². The molecule has 1 aromatic heterocycles. The Bertz CT molecular complexity index is 783. The molecule has 0 saturated carbocycles. The quantitative estimate of drug-likeness (QED) is 0.602. The first-order valence-electron chi connectivity index (χ1n) is 6.79. The SMILES string of the molecule is COc1ccc2c(COC(=O)CCNC(N)=O)cc(=O)oc2c1. The number of urea groups is 1. The molecule has 0 aliphatic carbocycles. The van der Waals surface area contributed by atoms with Crippen molar-refractivity contribution in [2.24, 2.45) is 5.73 Å². The van der Waals surface area contributed by atoms with Gasteiger partial charge in [0, 0.05) is 29.6 Å². The van der Waals surface area contributed by atoms with Crippen molar-refractivity contribution >= 4 is 23.0 Å². The number of nitrogens with one attached hydrogen (secondary N) is 1. The number of esters is 1. The van der Waals surface area contributed by atoms with E-state index in [9.17, 15) is 14.4 Å². The van der Waals surface area contributed by atoms with Gasteiger partial charge in [-0.2, -0.15) is 0 Å². The molecule has 2 aromatic rings. The molecule has 0 spiro atoms. The number of methoxy groups -OCH3 is 1. The molecule has 23 heavy (non-hydrogen) atoms. The zero-order valence-corrected chi connectivity index (χ0v) is 12.5. The number of nitrogens with two attached hydrogens (primary N) is 1. The van der Waals surface area contributed by atoms with Gasteiger partial charge in [0.1, 0.15) is 17.9 Å². The Morgan fingerprint density at radius 3 is 2.78 bits per heavy atom. The fourth-order valence-electron chi connectivity index (χ4n) is 1.97. The molecular formula is C15H16N2O6. The summed E-state index contributed by atoms with van der Waals surface area (Å²) in [5, 5.41) is 2.93.